The van der Waals surface area contributed by atoms with E-state index in [-0.39, 0.29) is 22.4 Å². The summed E-state index contributed by atoms with van der Waals surface area (Å²) in [6.45, 7) is 1.81. The first-order valence-electron chi connectivity index (χ1n) is 4.84. The van der Waals surface area contributed by atoms with Crippen molar-refractivity contribution in [2.75, 3.05) is 7.11 Å². The summed E-state index contributed by atoms with van der Waals surface area (Å²) >= 11 is 1.44. The lowest BCUT2D eigenvalue weighted by molar-refractivity contribution is -0.142. The van der Waals surface area contributed by atoms with Crippen LogP contribution < -0.4 is 4.74 Å². The Kier molecular flexibility index (Phi) is 2.96. The lowest BCUT2D eigenvalue weighted by atomic mass is 10.2. The topological polar surface area (TPSA) is 55.8 Å². The summed E-state index contributed by atoms with van der Waals surface area (Å²) in [4.78, 5) is 11.3. The van der Waals surface area contributed by atoms with Crippen molar-refractivity contribution in [3.05, 3.63) is 23.8 Å². The number of carbonyl (C=O) groups excluding carboxylic acids is 1. The van der Waals surface area contributed by atoms with Gasteiger partial charge < -0.3 is 14.6 Å². The molecule has 0 saturated carbocycles. The molecule has 0 bridgehead atoms. The zero-order chi connectivity index (χ0) is 11.7. The first-order valence-corrected chi connectivity index (χ1v) is 5.79. The van der Waals surface area contributed by atoms with Crippen LogP contribution in [0.25, 0.3) is 0 Å². The molecule has 0 radical (unpaired) electrons. The smallest absolute Gasteiger partial charge is 0.320 e. The molecule has 1 aliphatic heterocycles. The van der Waals surface area contributed by atoms with E-state index in [2.05, 4.69) is 0 Å². The third-order valence-corrected chi connectivity index (χ3v) is 3.58. The van der Waals surface area contributed by atoms with Gasteiger partial charge >= 0.3 is 5.97 Å². The fourth-order valence-corrected chi connectivity index (χ4v) is 2.45. The fourth-order valence-electron chi connectivity index (χ4n) is 1.46. The quantitative estimate of drug-likeness (QED) is 0.802. The van der Waals surface area contributed by atoms with Gasteiger partial charge in [0.1, 0.15) is 5.25 Å². The van der Waals surface area contributed by atoms with Crippen molar-refractivity contribution in [2.24, 2.45) is 0 Å². The molecule has 16 heavy (non-hydrogen) atoms. The van der Waals surface area contributed by atoms with E-state index in [1.54, 1.807) is 12.1 Å². The summed E-state index contributed by atoms with van der Waals surface area (Å²) in [5, 5.41) is 9.29. The number of cyclic esters (lactones) is 1. The van der Waals surface area contributed by atoms with Crippen LogP contribution in [0, 0.1) is 0 Å². The van der Waals surface area contributed by atoms with Gasteiger partial charge in [0.05, 0.1) is 7.11 Å². The zero-order valence-corrected chi connectivity index (χ0v) is 9.78. The van der Waals surface area contributed by atoms with Gasteiger partial charge in [-0.1, -0.05) is 17.8 Å². The standard InChI is InChI=1S/C11H12O4S/c1-6-10(13)15-11(16-6)7-3-4-8(12)9(5-7)14-2/h3-6,11-12H,1-2H3. The van der Waals surface area contributed by atoms with E-state index in [4.69, 9.17) is 9.47 Å². The van der Waals surface area contributed by atoms with Crippen LogP contribution in [0.5, 0.6) is 11.5 Å². The van der Waals surface area contributed by atoms with Crippen LogP contribution in [0.4, 0.5) is 0 Å². The molecule has 1 saturated heterocycles. The first kappa shape index (κ1) is 11.1. The predicted molar refractivity (Wildman–Crippen MR) is 60.5 cm³/mol. The van der Waals surface area contributed by atoms with Crippen LogP contribution in [-0.4, -0.2) is 23.4 Å². The van der Waals surface area contributed by atoms with Crippen molar-refractivity contribution >= 4 is 17.7 Å². The lowest BCUT2D eigenvalue weighted by Crippen LogP contribution is -2.06. The molecule has 2 rings (SSSR count). The average molecular weight is 240 g/mol. The number of ether oxygens (including phenoxy) is 2. The number of methoxy groups -OCH3 is 1. The van der Waals surface area contributed by atoms with Crippen LogP contribution >= 0.6 is 11.8 Å². The van der Waals surface area contributed by atoms with Gasteiger partial charge in [0.15, 0.2) is 16.9 Å². The molecule has 1 aliphatic rings. The largest absolute Gasteiger partial charge is 0.504 e. The SMILES string of the molecule is COc1cc(C2OC(=O)C(C)S2)ccc1O. The van der Waals surface area contributed by atoms with Gasteiger partial charge in [-0.15, -0.1) is 0 Å². The lowest BCUT2D eigenvalue weighted by Gasteiger charge is -2.10. The van der Waals surface area contributed by atoms with Gasteiger partial charge in [-0.25, -0.2) is 0 Å². The van der Waals surface area contributed by atoms with Gasteiger partial charge in [0.25, 0.3) is 0 Å². The molecule has 1 fully saturated rings. The molecular weight excluding hydrogens is 228 g/mol. The minimum atomic E-state index is -0.308. The Balaban J connectivity index is 2.25. The number of thioether (sulfide) groups is 1. The van der Waals surface area contributed by atoms with E-state index in [9.17, 15) is 9.90 Å². The Labute approximate surface area is 97.6 Å². The number of esters is 1. The maximum atomic E-state index is 11.3. The Morgan fingerprint density at radius 1 is 1.50 bits per heavy atom. The van der Waals surface area contributed by atoms with Gasteiger partial charge in [-0.3, -0.25) is 4.79 Å². The highest BCUT2D eigenvalue weighted by atomic mass is 32.2. The highest BCUT2D eigenvalue weighted by molar-refractivity contribution is 8.01. The number of phenols is 1. The number of hydrogen-bond acceptors (Lipinski definition) is 5. The molecule has 0 spiro atoms. The molecule has 0 aromatic heterocycles. The van der Waals surface area contributed by atoms with Crippen LogP contribution in [-0.2, 0) is 9.53 Å². The van der Waals surface area contributed by atoms with Gasteiger partial charge in [-0.2, -0.15) is 0 Å². The number of phenolic OH excluding ortho intramolecular Hbond substituents is 1. The maximum absolute atomic E-state index is 11.3. The third-order valence-electron chi connectivity index (χ3n) is 2.36. The summed E-state index contributed by atoms with van der Waals surface area (Å²) in [5.74, 6) is 0.254. The maximum Gasteiger partial charge on any atom is 0.320 e. The van der Waals surface area contributed by atoms with E-state index in [0.29, 0.717) is 5.75 Å². The second kappa shape index (κ2) is 4.25. The monoisotopic (exact) mass is 240 g/mol. The summed E-state index contributed by atoms with van der Waals surface area (Å²) in [7, 11) is 1.48. The van der Waals surface area contributed by atoms with Gasteiger partial charge in [0, 0.05) is 5.56 Å². The Hall–Kier alpha value is -1.36. The molecule has 1 heterocycles. The average Bonchev–Trinajstić information content (AvgIpc) is 2.60. The molecule has 0 amide bonds. The minimum absolute atomic E-state index is 0.0774. The van der Waals surface area contributed by atoms with E-state index < -0.39 is 0 Å². The highest BCUT2D eigenvalue weighted by Crippen LogP contribution is 2.42. The Morgan fingerprint density at radius 2 is 2.25 bits per heavy atom. The van der Waals surface area contributed by atoms with Crippen molar-refractivity contribution in [3.8, 4) is 11.5 Å². The van der Waals surface area contributed by atoms with E-state index >= 15 is 0 Å². The molecule has 1 aromatic carbocycles. The number of carbonyl (C=O) groups is 1. The van der Waals surface area contributed by atoms with Crippen molar-refractivity contribution in [1.82, 2.24) is 0 Å². The van der Waals surface area contributed by atoms with Crippen molar-refractivity contribution in [1.29, 1.82) is 0 Å². The normalized spacial score (nSPS) is 24.2. The number of benzene rings is 1. The molecule has 2 unspecified atom stereocenters. The second-order valence-corrected chi connectivity index (χ2v) is 4.89. The molecule has 4 nitrogen and oxygen atoms in total. The number of aromatic hydroxyl groups is 1. The van der Waals surface area contributed by atoms with Crippen LogP contribution in [0.2, 0.25) is 0 Å². The molecule has 2 atom stereocenters. The zero-order valence-electron chi connectivity index (χ0n) is 8.97. The Morgan fingerprint density at radius 3 is 2.81 bits per heavy atom. The van der Waals surface area contributed by atoms with Crippen LogP contribution in [0.15, 0.2) is 18.2 Å². The fraction of sp³-hybridized carbons (Fsp3) is 0.364. The third kappa shape index (κ3) is 1.95. The van der Waals surface area contributed by atoms with Crippen molar-refractivity contribution < 1.29 is 19.4 Å². The summed E-state index contributed by atoms with van der Waals surface area (Å²) in [5.41, 5.74) is 0.509. The Bertz CT molecular complexity index is 418. The minimum Gasteiger partial charge on any atom is -0.504 e. The highest BCUT2D eigenvalue weighted by Gasteiger charge is 2.33. The van der Waals surface area contributed by atoms with Crippen LogP contribution in [0.1, 0.15) is 17.9 Å². The molecule has 5 heteroatoms. The summed E-state index contributed by atoms with van der Waals surface area (Å²) in [6, 6.07) is 4.94. The van der Waals surface area contributed by atoms with E-state index in [1.165, 1.54) is 24.9 Å². The molecular formula is C11H12O4S. The molecule has 1 aromatic rings. The number of rotatable bonds is 2. The summed E-state index contributed by atoms with van der Waals surface area (Å²) in [6.07, 6.45) is 0. The van der Waals surface area contributed by atoms with Gasteiger partial charge in [0.2, 0.25) is 0 Å². The second-order valence-electron chi connectivity index (χ2n) is 3.48. The summed E-state index contributed by atoms with van der Waals surface area (Å²) < 4.78 is 10.2. The van der Waals surface area contributed by atoms with Gasteiger partial charge in [-0.05, 0) is 19.1 Å². The van der Waals surface area contributed by atoms with E-state index in [1.807, 2.05) is 6.92 Å². The predicted octanol–water partition coefficient (Wildman–Crippen LogP) is 2.08. The van der Waals surface area contributed by atoms with E-state index in [0.717, 1.165) is 5.56 Å². The first-order chi connectivity index (χ1) is 7.61. The van der Waals surface area contributed by atoms with Crippen molar-refractivity contribution in [2.45, 2.75) is 17.6 Å². The molecule has 1 N–H and O–H groups in total. The van der Waals surface area contributed by atoms with Crippen molar-refractivity contribution in [3.63, 3.8) is 0 Å². The number of hydrogen-bond donors (Lipinski definition) is 1. The van der Waals surface area contributed by atoms with Crippen LogP contribution in [0.3, 0.4) is 0 Å². The molecule has 0 aliphatic carbocycles. The molecule has 86 valence electrons.